The molecule has 0 saturated heterocycles. The Balaban J connectivity index is 2.38. The molecule has 1 atom stereocenters. The quantitative estimate of drug-likeness (QED) is 0.627. The van der Waals surface area contributed by atoms with Gasteiger partial charge in [-0.15, -0.1) is 0 Å². The summed E-state index contributed by atoms with van der Waals surface area (Å²) in [5.41, 5.74) is 6.53. The molecule has 0 heterocycles. The van der Waals surface area contributed by atoms with Crippen molar-refractivity contribution in [1.82, 2.24) is 0 Å². The molecule has 0 aliphatic heterocycles. The van der Waals surface area contributed by atoms with Crippen LogP contribution >= 0.6 is 15.9 Å². The highest BCUT2D eigenvalue weighted by molar-refractivity contribution is 9.09. The van der Waals surface area contributed by atoms with Gasteiger partial charge in [0, 0.05) is 0 Å². The first-order chi connectivity index (χ1) is 9.88. The monoisotopic (exact) mass is 346 g/mol. The number of aryl methyl sites for hydroxylation is 3. The van der Waals surface area contributed by atoms with Crippen molar-refractivity contribution in [3.05, 3.63) is 64.2 Å². The van der Waals surface area contributed by atoms with E-state index in [1.165, 1.54) is 27.8 Å². The minimum absolute atomic E-state index is 0.189. The molecule has 2 aromatic rings. The lowest BCUT2D eigenvalue weighted by molar-refractivity contribution is 0.242. The number of hydrogen-bond acceptors (Lipinski definition) is 1. The highest BCUT2D eigenvalue weighted by Gasteiger charge is 2.16. The molecule has 21 heavy (non-hydrogen) atoms. The van der Waals surface area contributed by atoms with Crippen LogP contribution in [0.1, 0.15) is 46.5 Å². The zero-order chi connectivity index (χ0) is 15.6. The molecule has 2 aromatic carbocycles. The molecule has 0 N–H and O–H groups in total. The summed E-state index contributed by atoms with van der Waals surface area (Å²) in [5.74, 6) is 0.925. The fourth-order valence-electron chi connectivity index (χ4n) is 2.78. The Kier molecular flexibility index (Phi) is 5.10. The van der Waals surface area contributed by atoms with E-state index in [1.807, 2.05) is 19.9 Å². The van der Waals surface area contributed by atoms with E-state index in [4.69, 9.17) is 4.74 Å². The minimum Gasteiger partial charge on any atom is -0.491 e. The van der Waals surface area contributed by atoms with Gasteiger partial charge in [-0.3, -0.25) is 0 Å². The Morgan fingerprint density at radius 2 is 1.57 bits per heavy atom. The standard InChI is InChI=1S/C19H23BrO/c1-12(2)21-17-8-6-7-16(11-17)19(20)18-14(4)9-13(3)10-15(18)5/h6-12,19H,1-5H3. The molecule has 112 valence electrons. The Bertz CT molecular complexity index is 608. The molecule has 2 rings (SSSR count). The van der Waals surface area contributed by atoms with E-state index in [1.54, 1.807) is 0 Å². The molecule has 0 aliphatic carbocycles. The zero-order valence-corrected chi connectivity index (χ0v) is 15.0. The van der Waals surface area contributed by atoms with Gasteiger partial charge in [0.2, 0.25) is 0 Å². The number of halogens is 1. The maximum atomic E-state index is 5.80. The van der Waals surface area contributed by atoms with Gasteiger partial charge >= 0.3 is 0 Å². The average molecular weight is 347 g/mol. The normalized spacial score (nSPS) is 12.5. The maximum absolute atomic E-state index is 5.80. The number of alkyl halides is 1. The van der Waals surface area contributed by atoms with Crippen molar-refractivity contribution in [3.63, 3.8) is 0 Å². The first-order valence-corrected chi connectivity index (χ1v) is 8.28. The van der Waals surface area contributed by atoms with Crippen molar-refractivity contribution in [2.45, 2.75) is 45.5 Å². The summed E-state index contributed by atoms with van der Waals surface area (Å²) >= 11 is 3.87. The smallest absolute Gasteiger partial charge is 0.120 e. The van der Waals surface area contributed by atoms with Crippen LogP contribution in [0.3, 0.4) is 0 Å². The molecule has 0 radical (unpaired) electrons. The average Bonchev–Trinajstić information content (AvgIpc) is 2.36. The van der Waals surface area contributed by atoms with Crippen LogP contribution in [0.5, 0.6) is 5.75 Å². The van der Waals surface area contributed by atoms with Crippen molar-refractivity contribution in [1.29, 1.82) is 0 Å². The summed E-state index contributed by atoms with van der Waals surface area (Å²) in [5, 5.41) is 0. The van der Waals surface area contributed by atoms with Crippen LogP contribution in [0.4, 0.5) is 0 Å². The summed E-state index contributed by atoms with van der Waals surface area (Å²) in [7, 11) is 0. The third-order valence-electron chi connectivity index (χ3n) is 3.51. The summed E-state index contributed by atoms with van der Waals surface area (Å²) in [6, 6.07) is 12.8. The van der Waals surface area contributed by atoms with Gasteiger partial charge in [-0.2, -0.15) is 0 Å². The molecule has 0 saturated carbocycles. The van der Waals surface area contributed by atoms with Crippen LogP contribution in [0, 0.1) is 20.8 Å². The maximum Gasteiger partial charge on any atom is 0.120 e. The van der Waals surface area contributed by atoms with Crippen LogP contribution in [-0.2, 0) is 0 Å². The van der Waals surface area contributed by atoms with Crippen LogP contribution in [0.25, 0.3) is 0 Å². The molecule has 0 aliphatic rings. The second-order valence-corrected chi connectivity index (χ2v) is 6.83. The summed E-state index contributed by atoms with van der Waals surface area (Å²) in [6.07, 6.45) is 0.192. The fourth-order valence-corrected chi connectivity index (χ4v) is 3.78. The van der Waals surface area contributed by atoms with Gasteiger partial charge in [-0.1, -0.05) is 45.8 Å². The predicted octanol–water partition coefficient (Wildman–Crippen LogP) is 5.88. The SMILES string of the molecule is Cc1cc(C)c(C(Br)c2cccc(OC(C)C)c2)c(C)c1. The summed E-state index contributed by atoms with van der Waals surface area (Å²) in [4.78, 5) is 0.189. The van der Waals surface area contributed by atoms with Gasteiger partial charge in [0.1, 0.15) is 5.75 Å². The largest absolute Gasteiger partial charge is 0.491 e. The molecule has 0 amide bonds. The van der Waals surface area contributed by atoms with Gasteiger partial charge in [-0.05, 0) is 69.0 Å². The lowest BCUT2D eigenvalue weighted by Crippen LogP contribution is -2.06. The zero-order valence-electron chi connectivity index (χ0n) is 13.4. The Morgan fingerprint density at radius 1 is 0.952 bits per heavy atom. The van der Waals surface area contributed by atoms with Crippen LogP contribution < -0.4 is 4.74 Å². The van der Waals surface area contributed by atoms with Crippen molar-refractivity contribution >= 4 is 15.9 Å². The Hall–Kier alpha value is -1.28. The van der Waals surface area contributed by atoms with E-state index in [2.05, 4.69) is 67.0 Å². The molecule has 2 heteroatoms. The summed E-state index contributed by atoms with van der Waals surface area (Å²) in [6.45, 7) is 10.6. The molecule has 0 spiro atoms. The Labute approximate surface area is 136 Å². The van der Waals surface area contributed by atoms with E-state index in [-0.39, 0.29) is 10.9 Å². The molecule has 0 bridgehead atoms. The van der Waals surface area contributed by atoms with Gasteiger partial charge in [0.15, 0.2) is 0 Å². The topological polar surface area (TPSA) is 9.23 Å². The second-order valence-electron chi connectivity index (χ2n) is 5.91. The molecule has 1 unspecified atom stereocenters. The predicted molar refractivity (Wildman–Crippen MR) is 93.6 cm³/mol. The van der Waals surface area contributed by atoms with Gasteiger partial charge < -0.3 is 4.74 Å². The number of ether oxygens (including phenoxy) is 1. The number of hydrogen-bond donors (Lipinski definition) is 0. The lowest BCUT2D eigenvalue weighted by atomic mass is 9.94. The van der Waals surface area contributed by atoms with E-state index >= 15 is 0 Å². The molecule has 0 aromatic heterocycles. The van der Waals surface area contributed by atoms with Gasteiger partial charge in [0.05, 0.1) is 10.9 Å². The van der Waals surface area contributed by atoms with Gasteiger partial charge in [-0.25, -0.2) is 0 Å². The first-order valence-electron chi connectivity index (χ1n) is 7.37. The van der Waals surface area contributed by atoms with Crippen molar-refractivity contribution in [2.24, 2.45) is 0 Å². The number of benzene rings is 2. The van der Waals surface area contributed by atoms with Crippen LogP contribution in [-0.4, -0.2) is 6.10 Å². The molecule has 1 nitrogen and oxygen atoms in total. The van der Waals surface area contributed by atoms with E-state index in [9.17, 15) is 0 Å². The second kappa shape index (κ2) is 6.65. The van der Waals surface area contributed by atoms with E-state index in [0.717, 1.165) is 5.75 Å². The summed E-state index contributed by atoms with van der Waals surface area (Å²) < 4.78 is 5.80. The third-order valence-corrected chi connectivity index (χ3v) is 4.50. The first kappa shape index (κ1) is 16.1. The molecular weight excluding hydrogens is 324 g/mol. The lowest BCUT2D eigenvalue weighted by Gasteiger charge is -2.19. The van der Waals surface area contributed by atoms with Gasteiger partial charge in [0.25, 0.3) is 0 Å². The van der Waals surface area contributed by atoms with Crippen LogP contribution in [0.2, 0.25) is 0 Å². The minimum atomic E-state index is 0.189. The fraction of sp³-hybridized carbons (Fsp3) is 0.368. The van der Waals surface area contributed by atoms with Crippen molar-refractivity contribution in [3.8, 4) is 5.75 Å². The highest BCUT2D eigenvalue weighted by atomic mass is 79.9. The highest BCUT2D eigenvalue weighted by Crippen LogP contribution is 2.36. The van der Waals surface area contributed by atoms with E-state index in [0.29, 0.717) is 0 Å². The molecule has 0 fully saturated rings. The molecular formula is C19H23BrO. The Morgan fingerprint density at radius 3 is 2.14 bits per heavy atom. The van der Waals surface area contributed by atoms with E-state index < -0.39 is 0 Å². The van der Waals surface area contributed by atoms with Crippen LogP contribution in [0.15, 0.2) is 36.4 Å². The van der Waals surface area contributed by atoms with Crippen molar-refractivity contribution in [2.75, 3.05) is 0 Å². The number of rotatable bonds is 4. The van der Waals surface area contributed by atoms with Crippen molar-refractivity contribution < 1.29 is 4.74 Å². The third kappa shape index (κ3) is 3.88.